The number of hydrogen-bond donors (Lipinski definition) is 0. The maximum absolute atomic E-state index is 12.8. The van der Waals surface area contributed by atoms with Gasteiger partial charge in [0, 0.05) is 24.6 Å². The van der Waals surface area contributed by atoms with Crippen LogP contribution in [0.4, 0.5) is 0 Å². The van der Waals surface area contributed by atoms with Crippen LogP contribution in [0, 0.1) is 0 Å². The number of oxazole rings is 1. The lowest BCUT2D eigenvalue weighted by atomic mass is 10.2. The molecule has 0 amide bonds. The van der Waals surface area contributed by atoms with Gasteiger partial charge < -0.3 is 4.42 Å². The van der Waals surface area contributed by atoms with Crippen molar-refractivity contribution in [2.75, 3.05) is 13.1 Å². The van der Waals surface area contributed by atoms with Crippen LogP contribution >= 0.6 is 0 Å². The van der Waals surface area contributed by atoms with Crippen LogP contribution < -0.4 is 0 Å². The first-order chi connectivity index (χ1) is 11.6. The van der Waals surface area contributed by atoms with Gasteiger partial charge in [-0.3, -0.25) is 0 Å². The molecule has 1 aliphatic heterocycles. The molecule has 2 aromatic rings. The molecule has 0 spiro atoms. The van der Waals surface area contributed by atoms with Crippen LogP contribution in [0.25, 0.3) is 11.3 Å². The quantitative estimate of drug-likeness (QED) is 0.845. The standard InChI is InChI=1S/C18H22N2O3S/c21-24(22,20-11-3-1-2-4-12-20)16-9-7-14(8-10-16)17-13-19-18(23-17)15-5-6-15/h7-10,13,15H,1-6,11-12H2. The number of aromatic nitrogens is 1. The monoisotopic (exact) mass is 346 g/mol. The Morgan fingerprint density at radius 1 is 1.00 bits per heavy atom. The molecule has 5 nitrogen and oxygen atoms in total. The van der Waals surface area contributed by atoms with Crippen LogP contribution in [0.3, 0.4) is 0 Å². The van der Waals surface area contributed by atoms with Crippen LogP contribution in [0.1, 0.15) is 50.3 Å². The third kappa shape index (κ3) is 3.13. The lowest BCUT2D eigenvalue weighted by Gasteiger charge is -2.19. The van der Waals surface area contributed by atoms with Gasteiger partial charge in [-0.1, -0.05) is 12.8 Å². The minimum absolute atomic E-state index is 0.357. The second-order valence-electron chi connectivity index (χ2n) is 6.68. The summed E-state index contributed by atoms with van der Waals surface area (Å²) in [5.41, 5.74) is 0.865. The molecule has 1 saturated carbocycles. The Labute approximate surface area is 142 Å². The van der Waals surface area contributed by atoms with E-state index in [2.05, 4.69) is 4.98 Å². The van der Waals surface area contributed by atoms with Crippen molar-refractivity contribution in [1.82, 2.24) is 9.29 Å². The van der Waals surface area contributed by atoms with Crippen molar-refractivity contribution in [2.45, 2.75) is 49.3 Å². The summed E-state index contributed by atoms with van der Waals surface area (Å²) in [6, 6.07) is 6.97. The Bertz CT molecular complexity index is 799. The summed E-state index contributed by atoms with van der Waals surface area (Å²) in [4.78, 5) is 4.67. The first-order valence-corrected chi connectivity index (χ1v) is 10.1. The topological polar surface area (TPSA) is 63.4 Å². The van der Waals surface area contributed by atoms with Gasteiger partial charge in [0.1, 0.15) is 0 Å². The van der Waals surface area contributed by atoms with Crippen molar-refractivity contribution in [2.24, 2.45) is 0 Å². The van der Waals surface area contributed by atoms with E-state index in [1.807, 2.05) is 12.1 Å². The highest BCUT2D eigenvalue weighted by Crippen LogP contribution is 2.40. The number of hydrogen-bond acceptors (Lipinski definition) is 4. The summed E-state index contributed by atoms with van der Waals surface area (Å²) in [5.74, 6) is 1.98. The average Bonchev–Trinajstić information content (AvgIpc) is 3.38. The Hall–Kier alpha value is -1.66. The van der Waals surface area contributed by atoms with E-state index in [0.717, 1.165) is 50.0 Å². The van der Waals surface area contributed by atoms with Crippen molar-refractivity contribution in [3.05, 3.63) is 36.4 Å². The summed E-state index contributed by atoms with van der Waals surface area (Å²) in [7, 11) is -3.40. The molecule has 2 aliphatic rings. The van der Waals surface area contributed by atoms with Gasteiger partial charge in [-0.25, -0.2) is 13.4 Å². The van der Waals surface area contributed by atoms with Gasteiger partial charge >= 0.3 is 0 Å². The highest BCUT2D eigenvalue weighted by Gasteiger charge is 2.29. The smallest absolute Gasteiger partial charge is 0.243 e. The largest absolute Gasteiger partial charge is 0.440 e. The highest BCUT2D eigenvalue weighted by molar-refractivity contribution is 7.89. The number of nitrogens with zero attached hydrogens (tertiary/aromatic N) is 2. The molecule has 0 N–H and O–H groups in total. The van der Waals surface area contributed by atoms with E-state index in [4.69, 9.17) is 4.42 Å². The van der Waals surface area contributed by atoms with E-state index in [1.54, 1.807) is 22.6 Å². The molecule has 128 valence electrons. The van der Waals surface area contributed by atoms with Crippen molar-refractivity contribution < 1.29 is 12.8 Å². The van der Waals surface area contributed by atoms with E-state index < -0.39 is 10.0 Å². The van der Waals surface area contributed by atoms with Gasteiger partial charge in [0.15, 0.2) is 11.7 Å². The average molecular weight is 346 g/mol. The molecule has 1 saturated heterocycles. The highest BCUT2D eigenvalue weighted by atomic mass is 32.2. The van der Waals surface area contributed by atoms with Gasteiger partial charge in [0.2, 0.25) is 10.0 Å². The normalized spacial score (nSPS) is 20.0. The van der Waals surface area contributed by atoms with Crippen LogP contribution in [0.15, 0.2) is 39.8 Å². The Kier molecular flexibility index (Phi) is 4.18. The minimum atomic E-state index is -3.40. The molecule has 24 heavy (non-hydrogen) atoms. The molecule has 1 aromatic carbocycles. The molecule has 1 aliphatic carbocycles. The Balaban J connectivity index is 1.55. The van der Waals surface area contributed by atoms with E-state index in [9.17, 15) is 8.42 Å². The molecular formula is C18H22N2O3S. The summed E-state index contributed by atoms with van der Waals surface area (Å²) in [6.45, 7) is 1.24. The summed E-state index contributed by atoms with van der Waals surface area (Å²) in [5, 5.41) is 0. The zero-order chi connectivity index (χ0) is 16.6. The van der Waals surface area contributed by atoms with E-state index >= 15 is 0 Å². The zero-order valence-corrected chi connectivity index (χ0v) is 14.5. The molecule has 0 unspecified atom stereocenters. The van der Waals surface area contributed by atoms with Crippen molar-refractivity contribution in [3.63, 3.8) is 0 Å². The first kappa shape index (κ1) is 15.8. The van der Waals surface area contributed by atoms with Crippen LogP contribution in [-0.2, 0) is 10.0 Å². The molecule has 2 heterocycles. The maximum Gasteiger partial charge on any atom is 0.243 e. The second kappa shape index (κ2) is 6.33. The van der Waals surface area contributed by atoms with Crippen molar-refractivity contribution in [1.29, 1.82) is 0 Å². The van der Waals surface area contributed by atoms with Crippen LogP contribution in [0.5, 0.6) is 0 Å². The molecule has 4 rings (SSSR count). The lowest BCUT2D eigenvalue weighted by Crippen LogP contribution is -2.31. The first-order valence-electron chi connectivity index (χ1n) is 8.71. The number of rotatable bonds is 4. The molecule has 0 radical (unpaired) electrons. The summed E-state index contributed by atoms with van der Waals surface area (Å²) < 4.78 is 33.0. The minimum Gasteiger partial charge on any atom is -0.440 e. The second-order valence-corrected chi connectivity index (χ2v) is 8.62. The molecule has 0 bridgehead atoms. The van der Waals surface area contributed by atoms with E-state index in [1.165, 1.54) is 0 Å². The van der Waals surface area contributed by atoms with E-state index in [-0.39, 0.29) is 0 Å². The molecule has 1 aromatic heterocycles. The SMILES string of the molecule is O=S(=O)(c1ccc(-c2cnc(C3CC3)o2)cc1)N1CCCCCC1. The fourth-order valence-corrected chi connectivity index (χ4v) is 4.68. The predicted molar refractivity (Wildman–Crippen MR) is 91.1 cm³/mol. The van der Waals surface area contributed by atoms with Crippen LogP contribution in [0.2, 0.25) is 0 Å². The van der Waals surface area contributed by atoms with Gasteiger partial charge in [0.05, 0.1) is 11.1 Å². The third-order valence-corrected chi connectivity index (χ3v) is 6.70. The summed E-state index contributed by atoms with van der Waals surface area (Å²) in [6.07, 6.45) is 8.13. The van der Waals surface area contributed by atoms with Crippen molar-refractivity contribution >= 4 is 10.0 Å². The van der Waals surface area contributed by atoms with Gasteiger partial charge in [0.25, 0.3) is 0 Å². The van der Waals surface area contributed by atoms with E-state index in [0.29, 0.717) is 29.7 Å². The Morgan fingerprint density at radius 3 is 2.29 bits per heavy atom. The number of benzene rings is 1. The molecule has 6 heteroatoms. The van der Waals surface area contributed by atoms with Crippen molar-refractivity contribution in [3.8, 4) is 11.3 Å². The van der Waals surface area contributed by atoms with Crippen LogP contribution in [-0.4, -0.2) is 30.8 Å². The molecular weight excluding hydrogens is 324 g/mol. The molecule has 2 fully saturated rings. The maximum atomic E-state index is 12.8. The van der Waals surface area contributed by atoms with Gasteiger partial charge in [-0.2, -0.15) is 4.31 Å². The fourth-order valence-electron chi connectivity index (χ4n) is 3.16. The van der Waals surface area contributed by atoms with Gasteiger partial charge in [-0.05, 0) is 49.9 Å². The fraction of sp³-hybridized carbons (Fsp3) is 0.500. The number of sulfonamides is 1. The Morgan fingerprint density at radius 2 is 1.67 bits per heavy atom. The third-order valence-electron chi connectivity index (χ3n) is 4.79. The van der Waals surface area contributed by atoms with Gasteiger partial charge in [-0.15, -0.1) is 0 Å². The zero-order valence-electron chi connectivity index (χ0n) is 13.6. The predicted octanol–water partition coefficient (Wildman–Crippen LogP) is 3.78. The molecule has 0 atom stereocenters. The summed E-state index contributed by atoms with van der Waals surface area (Å²) >= 11 is 0. The lowest BCUT2D eigenvalue weighted by molar-refractivity contribution is 0.423.